The molecule has 1 aromatic carbocycles. The third-order valence-electron chi connectivity index (χ3n) is 4.31. The van der Waals surface area contributed by atoms with Crippen molar-refractivity contribution in [1.29, 1.82) is 0 Å². The number of carbonyl (C=O) groups is 1. The summed E-state index contributed by atoms with van der Waals surface area (Å²) in [7, 11) is 0. The number of thiazole rings is 1. The predicted molar refractivity (Wildman–Crippen MR) is 116 cm³/mol. The van der Waals surface area contributed by atoms with Crippen LogP contribution in [0.15, 0.2) is 16.5 Å². The van der Waals surface area contributed by atoms with E-state index in [1.165, 1.54) is 40.0 Å². The average molecular weight is 436 g/mol. The molecule has 2 aromatic heterocycles. The van der Waals surface area contributed by atoms with Crippen molar-refractivity contribution in [3.63, 3.8) is 0 Å². The van der Waals surface area contributed by atoms with Crippen LogP contribution in [0.3, 0.4) is 0 Å². The Bertz CT molecular complexity index is 981. The molecule has 148 valence electrons. The Morgan fingerprint density at radius 3 is 3.00 bits per heavy atom. The maximum Gasteiger partial charge on any atom is 0.236 e. The molecule has 0 aliphatic carbocycles. The molecule has 1 fully saturated rings. The summed E-state index contributed by atoms with van der Waals surface area (Å²) < 4.78 is 7.44. The van der Waals surface area contributed by atoms with Crippen LogP contribution in [-0.2, 0) is 9.53 Å². The van der Waals surface area contributed by atoms with Gasteiger partial charge in [-0.05, 0) is 43.9 Å². The number of amides is 1. The van der Waals surface area contributed by atoms with E-state index in [9.17, 15) is 4.79 Å². The second-order valence-corrected chi connectivity index (χ2v) is 9.90. The number of ether oxygens (including phenoxy) is 1. The molecule has 0 spiro atoms. The molecule has 0 unspecified atom stereocenters. The summed E-state index contributed by atoms with van der Waals surface area (Å²) >= 11 is 4.33. The largest absolute Gasteiger partial charge is 0.376 e. The van der Waals surface area contributed by atoms with Gasteiger partial charge in [0.15, 0.2) is 9.47 Å². The molecule has 0 radical (unpaired) electrons. The van der Waals surface area contributed by atoms with Crippen LogP contribution in [0.1, 0.15) is 24.0 Å². The monoisotopic (exact) mass is 435 g/mol. The Balaban J connectivity index is 1.28. The summed E-state index contributed by atoms with van der Waals surface area (Å²) in [5.41, 5.74) is 3.27. The quantitative estimate of drug-likeness (QED) is 0.540. The van der Waals surface area contributed by atoms with Crippen molar-refractivity contribution < 1.29 is 9.53 Å². The third-order valence-corrected chi connectivity index (χ3v) is 7.25. The van der Waals surface area contributed by atoms with E-state index in [4.69, 9.17) is 4.74 Å². The van der Waals surface area contributed by atoms with Crippen LogP contribution in [0.2, 0.25) is 0 Å². The van der Waals surface area contributed by atoms with E-state index in [0.717, 1.165) is 51.2 Å². The molecule has 0 bridgehead atoms. The van der Waals surface area contributed by atoms with Crippen LogP contribution in [0.4, 0.5) is 10.3 Å². The molecule has 1 aliphatic heterocycles. The number of rotatable bonds is 7. The summed E-state index contributed by atoms with van der Waals surface area (Å²) in [6.45, 7) is 5.69. The molecular weight excluding hydrogens is 414 g/mol. The second kappa shape index (κ2) is 8.73. The molecule has 1 amide bonds. The average Bonchev–Trinajstić information content (AvgIpc) is 3.39. The summed E-state index contributed by atoms with van der Waals surface area (Å²) in [4.78, 5) is 16.8. The van der Waals surface area contributed by atoms with Gasteiger partial charge in [-0.2, -0.15) is 0 Å². The van der Waals surface area contributed by atoms with Crippen LogP contribution in [0.5, 0.6) is 0 Å². The molecule has 0 saturated carbocycles. The zero-order valence-corrected chi connectivity index (χ0v) is 18.1. The van der Waals surface area contributed by atoms with Gasteiger partial charge >= 0.3 is 0 Å². The number of fused-ring (bicyclic) bond motifs is 1. The minimum Gasteiger partial charge on any atom is -0.376 e. The van der Waals surface area contributed by atoms with Gasteiger partial charge in [0.05, 0.1) is 22.1 Å². The van der Waals surface area contributed by atoms with E-state index < -0.39 is 0 Å². The number of aromatic nitrogens is 3. The number of nitrogens with zero attached hydrogens (tertiary/aromatic N) is 3. The van der Waals surface area contributed by atoms with E-state index in [1.54, 1.807) is 0 Å². The number of thioether (sulfide) groups is 1. The highest BCUT2D eigenvalue weighted by molar-refractivity contribution is 8.01. The molecule has 1 saturated heterocycles. The highest BCUT2D eigenvalue weighted by Crippen LogP contribution is 2.30. The number of anilines is 2. The SMILES string of the molecule is Cc1cc(C)c2nc(NC(=O)CSc3nnc(NC[C@H]4CCCO4)s3)sc2c1. The first kappa shape index (κ1) is 19.6. The van der Waals surface area contributed by atoms with Gasteiger partial charge in [-0.25, -0.2) is 4.98 Å². The van der Waals surface area contributed by atoms with Crippen LogP contribution < -0.4 is 10.6 Å². The Morgan fingerprint density at radius 2 is 2.18 bits per heavy atom. The summed E-state index contributed by atoms with van der Waals surface area (Å²) in [6, 6.07) is 4.19. The van der Waals surface area contributed by atoms with Gasteiger partial charge in [0.1, 0.15) is 0 Å². The zero-order chi connectivity index (χ0) is 19.5. The first-order valence-corrected chi connectivity index (χ1v) is 11.7. The Morgan fingerprint density at radius 1 is 1.29 bits per heavy atom. The number of nitrogens with one attached hydrogen (secondary N) is 2. The lowest BCUT2D eigenvalue weighted by Crippen LogP contribution is -2.18. The van der Waals surface area contributed by atoms with Gasteiger partial charge < -0.3 is 15.4 Å². The smallest absolute Gasteiger partial charge is 0.236 e. The fraction of sp³-hybridized carbons (Fsp3) is 0.444. The molecule has 28 heavy (non-hydrogen) atoms. The van der Waals surface area contributed by atoms with Crippen LogP contribution in [-0.4, -0.2) is 46.1 Å². The first-order chi connectivity index (χ1) is 13.6. The van der Waals surface area contributed by atoms with E-state index in [0.29, 0.717) is 5.13 Å². The van der Waals surface area contributed by atoms with Crippen molar-refractivity contribution in [3.05, 3.63) is 23.3 Å². The maximum atomic E-state index is 12.3. The van der Waals surface area contributed by atoms with Gasteiger partial charge in [0.2, 0.25) is 11.0 Å². The normalized spacial score (nSPS) is 16.6. The summed E-state index contributed by atoms with van der Waals surface area (Å²) in [5.74, 6) is 0.177. The van der Waals surface area contributed by atoms with Crippen molar-refractivity contribution in [2.75, 3.05) is 29.5 Å². The fourth-order valence-electron chi connectivity index (χ4n) is 3.05. The van der Waals surface area contributed by atoms with Gasteiger partial charge in [-0.3, -0.25) is 4.79 Å². The molecule has 2 N–H and O–H groups in total. The van der Waals surface area contributed by atoms with Gasteiger partial charge in [-0.1, -0.05) is 40.5 Å². The minimum absolute atomic E-state index is 0.0949. The van der Waals surface area contributed by atoms with Crippen LogP contribution in [0.25, 0.3) is 10.2 Å². The number of benzene rings is 1. The van der Waals surface area contributed by atoms with Crippen molar-refractivity contribution in [1.82, 2.24) is 15.2 Å². The third kappa shape index (κ3) is 4.80. The van der Waals surface area contributed by atoms with Crippen molar-refractivity contribution in [2.45, 2.75) is 37.1 Å². The molecule has 1 atom stereocenters. The van der Waals surface area contributed by atoms with Gasteiger partial charge in [-0.15, -0.1) is 10.2 Å². The van der Waals surface area contributed by atoms with Gasteiger partial charge in [0, 0.05) is 13.2 Å². The lowest BCUT2D eigenvalue weighted by Gasteiger charge is -2.08. The fourth-order valence-corrected chi connectivity index (χ4v) is 5.67. The van der Waals surface area contributed by atoms with E-state index in [2.05, 4.69) is 44.9 Å². The molecule has 3 aromatic rings. The van der Waals surface area contributed by atoms with Crippen molar-refractivity contribution in [2.24, 2.45) is 0 Å². The number of aryl methyl sites for hydroxylation is 2. The Hall–Kier alpha value is -1.75. The highest BCUT2D eigenvalue weighted by atomic mass is 32.2. The number of hydrogen-bond donors (Lipinski definition) is 2. The number of carbonyl (C=O) groups excluding carboxylic acids is 1. The molecular formula is C18H21N5O2S3. The van der Waals surface area contributed by atoms with E-state index >= 15 is 0 Å². The Kier molecular flexibility index (Phi) is 6.10. The zero-order valence-electron chi connectivity index (χ0n) is 15.7. The molecule has 1 aliphatic rings. The standard InChI is InChI=1S/C18H21N5O2S3/c1-10-6-11(2)15-13(7-10)27-17(21-15)20-14(24)9-26-18-23-22-16(28-18)19-8-12-4-3-5-25-12/h6-7,12H,3-5,8-9H2,1-2H3,(H,19,22)(H,20,21,24)/t12-/m1/s1. The second-order valence-electron chi connectivity index (χ2n) is 6.67. The van der Waals surface area contributed by atoms with E-state index in [1.807, 2.05) is 6.92 Å². The molecule has 10 heteroatoms. The van der Waals surface area contributed by atoms with Crippen molar-refractivity contribution in [3.8, 4) is 0 Å². The topological polar surface area (TPSA) is 89.0 Å². The summed E-state index contributed by atoms with van der Waals surface area (Å²) in [6.07, 6.45) is 2.46. The Labute approximate surface area is 175 Å². The lowest BCUT2D eigenvalue weighted by molar-refractivity contribution is -0.113. The first-order valence-electron chi connectivity index (χ1n) is 9.06. The van der Waals surface area contributed by atoms with Gasteiger partial charge in [0.25, 0.3) is 0 Å². The lowest BCUT2D eigenvalue weighted by atomic mass is 10.1. The van der Waals surface area contributed by atoms with Crippen LogP contribution in [0, 0.1) is 13.8 Å². The van der Waals surface area contributed by atoms with E-state index in [-0.39, 0.29) is 17.8 Å². The van der Waals surface area contributed by atoms with Crippen LogP contribution >= 0.6 is 34.4 Å². The highest BCUT2D eigenvalue weighted by Gasteiger charge is 2.16. The van der Waals surface area contributed by atoms with Crippen molar-refractivity contribution >= 4 is 60.8 Å². The predicted octanol–water partition coefficient (Wildman–Crippen LogP) is 4.09. The maximum absolute atomic E-state index is 12.3. The minimum atomic E-state index is -0.0949. The molecule has 7 nitrogen and oxygen atoms in total. The summed E-state index contributed by atoms with van der Waals surface area (Å²) in [5, 5.41) is 15.8. The molecule has 3 heterocycles. The number of hydrogen-bond acceptors (Lipinski definition) is 9. The molecule has 4 rings (SSSR count).